The summed E-state index contributed by atoms with van der Waals surface area (Å²) in [5.41, 5.74) is 3.66. The standard InChI is InChI=1S/C21H27FN2O/c1-16(23-14-18-7-3-4-8-19(18)15-25)17-9-10-21(20(22)13-17)24-11-5-2-6-12-24/h3-4,7-10,13,16,23,25H,2,5-6,11-12,14-15H2,1H3. The molecule has 2 aromatic carbocycles. The first-order valence-corrected chi connectivity index (χ1v) is 9.14. The molecular formula is C21H27FN2O. The van der Waals surface area contributed by atoms with Crippen molar-refractivity contribution < 1.29 is 9.50 Å². The molecule has 3 nitrogen and oxygen atoms in total. The van der Waals surface area contributed by atoms with Crippen LogP contribution in [0.15, 0.2) is 42.5 Å². The summed E-state index contributed by atoms with van der Waals surface area (Å²) in [5.74, 6) is -0.135. The summed E-state index contributed by atoms with van der Waals surface area (Å²) >= 11 is 0. The second kappa shape index (κ2) is 8.45. The molecule has 25 heavy (non-hydrogen) atoms. The molecule has 0 radical (unpaired) electrons. The van der Waals surface area contributed by atoms with Crippen LogP contribution in [0.25, 0.3) is 0 Å². The molecule has 0 spiro atoms. The maximum absolute atomic E-state index is 14.6. The fourth-order valence-corrected chi connectivity index (χ4v) is 3.45. The summed E-state index contributed by atoms with van der Waals surface area (Å²) in [6.45, 7) is 4.61. The van der Waals surface area contributed by atoms with Crippen molar-refractivity contribution in [3.63, 3.8) is 0 Å². The van der Waals surface area contributed by atoms with Gasteiger partial charge in [0.05, 0.1) is 12.3 Å². The molecule has 1 aliphatic heterocycles. The van der Waals surface area contributed by atoms with Crippen molar-refractivity contribution in [2.75, 3.05) is 18.0 Å². The van der Waals surface area contributed by atoms with Crippen LogP contribution in [0.3, 0.4) is 0 Å². The molecule has 1 saturated heterocycles. The minimum atomic E-state index is -0.135. The predicted molar refractivity (Wildman–Crippen MR) is 100 cm³/mol. The van der Waals surface area contributed by atoms with Crippen LogP contribution >= 0.6 is 0 Å². The number of halogens is 1. The van der Waals surface area contributed by atoms with Gasteiger partial charge in [0, 0.05) is 25.7 Å². The zero-order valence-electron chi connectivity index (χ0n) is 14.8. The highest BCUT2D eigenvalue weighted by Crippen LogP contribution is 2.26. The smallest absolute Gasteiger partial charge is 0.146 e. The van der Waals surface area contributed by atoms with Gasteiger partial charge in [-0.1, -0.05) is 30.3 Å². The predicted octanol–water partition coefficient (Wildman–Crippen LogP) is 4.16. The van der Waals surface area contributed by atoms with Crippen LogP contribution in [0, 0.1) is 5.82 Å². The zero-order valence-corrected chi connectivity index (χ0v) is 14.8. The number of hydrogen-bond donors (Lipinski definition) is 2. The number of hydrogen-bond acceptors (Lipinski definition) is 3. The third-order valence-electron chi connectivity index (χ3n) is 5.06. The van der Waals surface area contributed by atoms with Gasteiger partial charge >= 0.3 is 0 Å². The number of aliphatic hydroxyl groups excluding tert-OH is 1. The van der Waals surface area contributed by atoms with Crippen molar-refractivity contribution in [1.29, 1.82) is 0 Å². The highest BCUT2D eigenvalue weighted by Gasteiger charge is 2.16. The normalized spacial score (nSPS) is 16.0. The highest BCUT2D eigenvalue weighted by molar-refractivity contribution is 5.50. The van der Waals surface area contributed by atoms with Gasteiger partial charge in [0.2, 0.25) is 0 Å². The molecule has 1 unspecified atom stereocenters. The van der Waals surface area contributed by atoms with Crippen LogP contribution in [0.1, 0.15) is 48.9 Å². The van der Waals surface area contributed by atoms with Gasteiger partial charge in [0.25, 0.3) is 0 Å². The topological polar surface area (TPSA) is 35.5 Å². The second-order valence-electron chi connectivity index (χ2n) is 6.79. The Balaban J connectivity index is 1.65. The van der Waals surface area contributed by atoms with Gasteiger partial charge in [-0.2, -0.15) is 0 Å². The van der Waals surface area contributed by atoms with Gasteiger partial charge in [-0.05, 0) is 55.0 Å². The summed E-state index contributed by atoms with van der Waals surface area (Å²) in [6, 6.07) is 13.4. The Morgan fingerprint density at radius 1 is 1.08 bits per heavy atom. The highest BCUT2D eigenvalue weighted by atomic mass is 19.1. The van der Waals surface area contributed by atoms with Crippen molar-refractivity contribution in [2.24, 2.45) is 0 Å². The fourth-order valence-electron chi connectivity index (χ4n) is 3.45. The van der Waals surface area contributed by atoms with E-state index in [1.165, 1.54) is 6.42 Å². The van der Waals surface area contributed by atoms with Crippen LogP contribution in [0.4, 0.5) is 10.1 Å². The average molecular weight is 342 g/mol. The molecule has 2 N–H and O–H groups in total. The molecular weight excluding hydrogens is 315 g/mol. The molecule has 134 valence electrons. The van der Waals surface area contributed by atoms with Crippen LogP contribution < -0.4 is 10.2 Å². The summed E-state index contributed by atoms with van der Waals surface area (Å²) in [6.07, 6.45) is 3.53. The summed E-state index contributed by atoms with van der Waals surface area (Å²) in [4.78, 5) is 2.15. The first-order chi connectivity index (χ1) is 12.2. The molecule has 1 heterocycles. The molecule has 2 aromatic rings. The summed E-state index contributed by atoms with van der Waals surface area (Å²) in [5, 5.41) is 12.8. The van der Waals surface area contributed by atoms with E-state index < -0.39 is 0 Å². The quantitative estimate of drug-likeness (QED) is 0.827. The average Bonchev–Trinajstić information content (AvgIpc) is 2.67. The van der Waals surface area contributed by atoms with Crippen molar-refractivity contribution in [2.45, 2.75) is 45.4 Å². The third kappa shape index (κ3) is 4.39. The van der Waals surface area contributed by atoms with E-state index in [-0.39, 0.29) is 18.5 Å². The number of rotatable bonds is 6. The molecule has 1 fully saturated rings. The monoisotopic (exact) mass is 342 g/mol. The molecule has 0 bridgehead atoms. The second-order valence-corrected chi connectivity index (χ2v) is 6.79. The van der Waals surface area contributed by atoms with Crippen LogP contribution in [-0.4, -0.2) is 18.2 Å². The van der Waals surface area contributed by atoms with Gasteiger partial charge in [-0.15, -0.1) is 0 Å². The molecule has 0 amide bonds. The first-order valence-electron chi connectivity index (χ1n) is 9.14. The van der Waals surface area contributed by atoms with Crippen molar-refractivity contribution in [3.8, 4) is 0 Å². The lowest BCUT2D eigenvalue weighted by Gasteiger charge is -2.29. The Kier molecular flexibility index (Phi) is 6.05. The molecule has 0 aliphatic carbocycles. The summed E-state index contributed by atoms with van der Waals surface area (Å²) in [7, 11) is 0. The van der Waals surface area contributed by atoms with Crippen molar-refractivity contribution in [1.82, 2.24) is 5.32 Å². The zero-order chi connectivity index (χ0) is 17.6. The molecule has 3 rings (SSSR count). The fraction of sp³-hybridized carbons (Fsp3) is 0.429. The van der Waals surface area contributed by atoms with Gasteiger partial charge < -0.3 is 15.3 Å². The van der Waals surface area contributed by atoms with Gasteiger partial charge in [-0.25, -0.2) is 4.39 Å². The summed E-state index contributed by atoms with van der Waals surface area (Å²) < 4.78 is 14.6. The largest absolute Gasteiger partial charge is 0.392 e. The Morgan fingerprint density at radius 2 is 1.80 bits per heavy atom. The van der Waals surface area contributed by atoms with Crippen molar-refractivity contribution in [3.05, 3.63) is 65.0 Å². The number of anilines is 1. The Morgan fingerprint density at radius 3 is 2.48 bits per heavy atom. The first kappa shape index (κ1) is 17.9. The lowest BCUT2D eigenvalue weighted by molar-refractivity contribution is 0.280. The Labute approximate surface area is 149 Å². The number of aliphatic hydroxyl groups is 1. The van der Waals surface area contributed by atoms with E-state index >= 15 is 0 Å². The minimum Gasteiger partial charge on any atom is -0.392 e. The lowest BCUT2D eigenvalue weighted by atomic mass is 10.0. The van der Waals surface area contributed by atoms with Crippen LogP contribution in [-0.2, 0) is 13.2 Å². The molecule has 4 heteroatoms. The Hall–Kier alpha value is -1.91. The molecule has 1 aliphatic rings. The Bertz CT molecular complexity index is 698. The van der Waals surface area contributed by atoms with Gasteiger partial charge in [0.15, 0.2) is 0 Å². The maximum atomic E-state index is 14.6. The lowest BCUT2D eigenvalue weighted by Crippen LogP contribution is -2.30. The van der Waals surface area contributed by atoms with Gasteiger partial charge in [0.1, 0.15) is 5.82 Å². The van der Waals surface area contributed by atoms with E-state index in [1.54, 1.807) is 6.07 Å². The van der Waals surface area contributed by atoms with Crippen molar-refractivity contribution >= 4 is 5.69 Å². The molecule has 1 atom stereocenters. The van der Waals surface area contributed by atoms with E-state index in [1.807, 2.05) is 43.3 Å². The van der Waals surface area contributed by atoms with Crippen LogP contribution in [0.2, 0.25) is 0 Å². The number of piperidine rings is 1. The van der Waals surface area contributed by atoms with E-state index in [4.69, 9.17) is 0 Å². The van der Waals surface area contributed by atoms with E-state index in [2.05, 4.69) is 10.2 Å². The minimum absolute atomic E-state index is 0.0331. The van der Waals surface area contributed by atoms with E-state index in [0.717, 1.165) is 48.3 Å². The SMILES string of the molecule is CC(NCc1ccccc1CO)c1ccc(N2CCCCC2)c(F)c1. The van der Waals surface area contributed by atoms with Crippen LogP contribution in [0.5, 0.6) is 0 Å². The number of nitrogens with one attached hydrogen (secondary N) is 1. The van der Waals surface area contributed by atoms with E-state index in [0.29, 0.717) is 6.54 Å². The number of benzene rings is 2. The van der Waals surface area contributed by atoms with E-state index in [9.17, 15) is 9.50 Å². The molecule has 0 saturated carbocycles. The number of nitrogens with zero attached hydrogens (tertiary/aromatic N) is 1. The maximum Gasteiger partial charge on any atom is 0.146 e. The third-order valence-corrected chi connectivity index (χ3v) is 5.06. The molecule has 0 aromatic heterocycles. The van der Waals surface area contributed by atoms with Gasteiger partial charge in [-0.3, -0.25) is 0 Å².